The Hall–Kier alpha value is -1.40. The van der Waals surface area contributed by atoms with E-state index in [0.29, 0.717) is 11.6 Å². The number of aryl methyl sites for hydroxylation is 1. The smallest absolute Gasteiger partial charge is 0.261 e. The molecule has 25 heavy (non-hydrogen) atoms. The van der Waals surface area contributed by atoms with Crippen molar-refractivity contribution >= 4 is 28.8 Å². The van der Waals surface area contributed by atoms with Gasteiger partial charge in [0.15, 0.2) is 0 Å². The molecule has 2 heterocycles. The number of halogens is 1. The van der Waals surface area contributed by atoms with E-state index in [9.17, 15) is 4.79 Å². The van der Waals surface area contributed by atoms with Gasteiger partial charge in [-0.3, -0.25) is 4.79 Å². The first-order valence-corrected chi connectivity index (χ1v) is 9.90. The number of amides is 1. The van der Waals surface area contributed by atoms with Crippen molar-refractivity contribution in [3.8, 4) is 10.4 Å². The normalized spacial score (nSPS) is 15.3. The van der Waals surface area contributed by atoms with Gasteiger partial charge in [-0.25, -0.2) is 0 Å². The number of rotatable bonds is 6. The molecule has 2 aromatic rings. The maximum Gasteiger partial charge on any atom is 0.261 e. The third-order valence-corrected chi connectivity index (χ3v) is 5.89. The van der Waals surface area contributed by atoms with E-state index in [1.807, 2.05) is 37.3 Å². The van der Waals surface area contributed by atoms with E-state index >= 15 is 0 Å². The first-order chi connectivity index (χ1) is 12.1. The van der Waals surface area contributed by atoms with Gasteiger partial charge in [0.25, 0.3) is 5.91 Å². The van der Waals surface area contributed by atoms with E-state index in [0.717, 1.165) is 60.0 Å². The molecule has 1 amide bonds. The van der Waals surface area contributed by atoms with Gasteiger partial charge >= 0.3 is 0 Å². The number of nitrogens with one attached hydrogen (secondary N) is 2. The highest BCUT2D eigenvalue weighted by Gasteiger charge is 2.14. The van der Waals surface area contributed by atoms with Crippen molar-refractivity contribution in [2.24, 2.45) is 0 Å². The third-order valence-electron chi connectivity index (χ3n) is 4.37. The Labute approximate surface area is 158 Å². The van der Waals surface area contributed by atoms with E-state index in [2.05, 4.69) is 15.5 Å². The van der Waals surface area contributed by atoms with Gasteiger partial charge in [-0.2, -0.15) is 0 Å². The highest BCUT2D eigenvalue weighted by Crippen LogP contribution is 2.33. The lowest BCUT2D eigenvalue weighted by Crippen LogP contribution is -2.44. The first-order valence-electron chi connectivity index (χ1n) is 8.71. The molecule has 1 aliphatic rings. The van der Waals surface area contributed by atoms with Crippen molar-refractivity contribution in [1.82, 2.24) is 15.5 Å². The maximum atomic E-state index is 12.4. The summed E-state index contributed by atoms with van der Waals surface area (Å²) in [4.78, 5) is 16.7. The molecule has 3 rings (SSSR count). The molecule has 1 aromatic heterocycles. The Balaban J connectivity index is 1.53. The highest BCUT2D eigenvalue weighted by atomic mass is 35.5. The van der Waals surface area contributed by atoms with Gasteiger partial charge in [0.1, 0.15) is 0 Å². The van der Waals surface area contributed by atoms with Crippen molar-refractivity contribution < 1.29 is 4.79 Å². The topological polar surface area (TPSA) is 44.4 Å². The number of hydrogen-bond donors (Lipinski definition) is 2. The zero-order valence-electron chi connectivity index (χ0n) is 14.5. The standard InChI is InChI=1S/C19H24ClN3OS/c1-14-12-17(25-18(14)15-4-2-5-16(20)13-15)19(24)22-6-3-9-23-10-7-21-8-11-23/h2,4-5,12-13,21H,3,6-11H2,1H3,(H,22,24). The minimum absolute atomic E-state index is 0.0155. The van der Waals surface area contributed by atoms with Gasteiger partial charge in [-0.15, -0.1) is 11.3 Å². The summed E-state index contributed by atoms with van der Waals surface area (Å²) >= 11 is 7.61. The fraction of sp³-hybridized carbons (Fsp3) is 0.421. The largest absolute Gasteiger partial charge is 0.351 e. The molecule has 0 unspecified atom stereocenters. The van der Waals surface area contributed by atoms with Crippen LogP contribution in [0.2, 0.25) is 5.02 Å². The molecule has 0 saturated carbocycles. The Bertz CT molecular complexity index is 725. The molecule has 0 atom stereocenters. The molecule has 0 aliphatic carbocycles. The second-order valence-electron chi connectivity index (χ2n) is 6.33. The van der Waals surface area contributed by atoms with E-state index in [-0.39, 0.29) is 5.91 Å². The SMILES string of the molecule is Cc1cc(C(=O)NCCCN2CCNCC2)sc1-c1cccc(Cl)c1. The highest BCUT2D eigenvalue weighted by molar-refractivity contribution is 7.17. The molecule has 4 nitrogen and oxygen atoms in total. The summed E-state index contributed by atoms with van der Waals surface area (Å²) in [6.45, 7) is 8.11. The van der Waals surface area contributed by atoms with E-state index < -0.39 is 0 Å². The van der Waals surface area contributed by atoms with Gasteiger partial charge in [-0.1, -0.05) is 23.7 Å². The Morgan fingerprint density at radius 2 is 2.12 bits per heavy atom. The monoisotopic (exact) mass is 377 g/mol. The van der Waals surface area contributed by atoms with Crippen LogP contribution in [0.25, 0.3) is 10.4 Å². The van der Waals surface area contributed by atoms with Crippen LogP contribution in [0, 0.1) is 6.92 Å². The van der Waals surface area contributed by atoms with Crippen LogP contribution in [-0.2, 0) is 0 Å². The molecular weight excluding hydrogens is 354 g/mol. The van der Waals surface area contributed by atoms with E-state index in [1.54, 1.807) is 0 Å². The number of piperazine rings is 1. The van der Waals surface area contributed by atoms with Crippen molar-refractivity contribution in [2.75, 3.05) is 39.3 Å². The number of nitrogens with zero attached hydrogens (tertiary/aromatic N) is 1. The first kappa shape index (κ1) is 18.4. The minimum atomic E-state index is 0.0155. The second kappa shape index (κ2) is 8.81. The molecule has 0 bridgehead atoms. The van der Waals surface area contributed by atoms with E-state index in [1.165, 1.54) is 11.3 Å². The summed E-state index contributed by atoms with van der Waals surface area (Å²) in [5.74, 6) is 0.0155. The van der Waals surface area contributed by atoms with Gasteiger partial charge in [0.05, 0.1) is 4.88 Å². The van der Waals surface area contributed by atoms with E-state index in [4.69, 9.17) is 11.6 Å². The second-order valence-corrected chi connectivity index (χ2v) is 7.82. The average Bonchev–Trinajstić information content (AvgIpc) is 3.01. The Morgan fingerprint density at radius 3 is 2.88 bits per heavy atom. The summed E-state index contributed by atoms with van der Waals surface area (Å²) in [5.41, 5.74) is 2.17. The molecule has 6 heteroatoms. The molecule has 2 N–H and O–H groups in total. The number of benzene rings is 1. The molecular formula is C19H24ClN3OS. The molecule has 1 aromatic carbocycles. The van der Waals surface area contributed by atoms with Crippen molar-refractivity contribution in [1.29, 1.82) is 0 Å². The molecule has 0 spiro atoms. The van der Waals surface area contributed by atoms with Crippen LogP contribution in [0.3, 0.4) is 0 Å². The lowest BCUT2D eigenvalue weighted by Gasteiger charge is -2.27. The van der Waals surface area contributed by atoms with Crippen LogP contribution in [-0.4, -0.2) is 50.1 Å². The fourth-order valence-electron chi connectivity index (χ4n) is 3.04. The number of thiophene rings is 1. The van der Waals surface area contributed by atoms with Crippen molar-refractivity contribution in [3.63, 3.8) is 0 Å². The fourth-order valence-corrected chi connectivity index (χ4v) is 4.31. The van der Waals surface area contributed by atoms with Crippen LogP contribution in [0.1, 0.15) is 21.7 Å². The predicted molar refractivity (Wildman–Crippen MR) is 106 cm³/mol. The molecule has 0 radical (unpaired) electrons. The minimum Gasteiger partial charge on any atom is -0.351 e. The van der Waals surface area contributed by atoms with Crippen LogP contribution in [0.15, 0.2) is 30.3 Å². The molecule has 1 aliphatic heterocycles. The van der Waals surface area contributed by atoms with Crippen molar-refractivity contribution in [3.05, 3.63) is 45.8 Å². The number of carbonyl (C=O) groups is 1. The van der Waals surface area contributed by atoms with Crippen LogP contribution in [0.5, 0.6) is 0 Å². The average molecular weight is 378 g/mol. The lowest BCUT2D eigenvalue weighted by molar-refractivity contribution is 0.0955. The lowest BCUT2D eigenvalue weighted by atomic mass is 10.1. The third kappa shape index (κ3) is 5.05. The van der Waals surface area contributed by atoms with Gasteiger partial charge in [0.2, 0.25) is 0 Å². The van der Waals surface area contributed by atoms with Crippen molar-refractivity contribution in [2.45, 2.75) is 13.3 Å². The van der Waals surface area contributed by atoms with Crippen LogP contribution >= 0.6 is 22.9 Å². The van der Waals surface area contributed by atoms with Gasteiger partial charge in [0, 0.05) is 42.6 Å². The summed E-state index contributed by atoms with van der Waals surface area (Å²) < 4.78 is 0. The summed E-state index contributed by atoms with van der Waals surface area (Å²) in [6, 6.07) is 9.73. The quantitative estimate of drug-likeness (QED) is 0.758. The summed E-state index contributed by atoms with van der Waals surface area (Å²) in [6.07, 6.45) is 0.983. The molecule has 1 fully saturated rings. The van der Waals surface area contributed by atoms with Crippen LogP contribution < -0.4 is 10.6 Å². The summed E-state index contributed by atoms with van der Waals surface area (Å²) in [5, 5.41) is 7.11. The van der Waals surface area contributed by atoms with Gasteiger partial charge < -0.3 is 15.5 Å². The van der Waals surface area contributed by atoms with Gasteiger partial charge in [-0.05, 0) is 49.2 Å². The Kier molecular flexibility index (Phi) is 6.48. The predicted octanol–water partition coefficient (Wildman–Crippen LogP) is 3.40. The zero-order valence-corrected chi connectivity index (χ0v) is 16.1. The number of hydrogen-bond acceptors (Lipinski definition) is 4. The summed E-state index contributed by atoms with van der Waals surface area (Å²) in [7, 11) is 0. The Morgan fingerprint density at radius 1 is 1.32 bits per heavy atom. The van der Waals surface area contributed by atoms with Crippen LogP contribution in [0.4, 0.5) is 0 Å². The molecule has 134 valence electrons. The zero-order chi connectivity index (χ0) is 17.6. The maximum absolute atomic E-state index is 12.4. The molecule has 1 saturated heterocycles. The number of carbonyl (C=O) groups excluding carboxylic acids is 1.